The smallest absolute Gasteiger partial charge is 0.160 e. The lowest BCUT2D eigenvalue weighted by molar-refractivity contribution is -0.115. The summed E-state index contributed by atoms with van der Waals surface area (Å²) in [6, 6.07) is 3.93. The average Bonchev–Trinajstić information content (AvgIpc) is 2.88. The summed E-state index contributed by atoms with van der Waals surface area (Å²) in [5, 5.41) is 8.87. The Kier molecular flexibility index (Phi) is 3.86. The van der Waals surface area contributed by atoms with Gasteiger partial charge in [-0.2, -0.15) is 5.26 Å². The van der Waals surface area contributed by atoms with E-state index in [1.54, 1.807) is 12.4 Å². The molecule has 0 atom stereocenters. The second kappa shape index (κ2) is 5.57. The SMILES string of the molecule is CCCC(=O)C1=CN=C(c2cc(C)c(C#N)cn2)C1. The van der Waals surface area contributed by atoms with Crippen LogP contribution < -0.4 is 0 Å². The average molecular weight is 253 g/mol. The number of nitriles is 1. The Labute approximate surface area is 112 Å². The molecule has 0 aromatic carbocycles. The van der Waals surface area contributed by atoms with E-state index in [0.29, 0.717) is 18.4 Å². The van der Waals surface area contributed by atoms with E-state index in [1.165, 1.54) is 0 Å². The Bertz CT molecular complexity index is 621. The van der Waals surface area contributed by atoms with Crippen molar-refractivity contribution in [3.05, 3.63) is 40.9 Å². The van der Waals surface area contributed by atoms with Gasteiger partial charge >= 0.3 is 0 Å². The van der Waals surface area contributed by atoms with Crippen molar-refractivity contribution in [3.8, 4) is 6.07 Å². The van der Waals surface area contributed by atoms with Crippen LogP contribution in [0, 0.1) is 18.3 Å². The maximum atomic E-state index is 11.8. The fourth-order valence-corrected chi connectivity index (χ4v) is 1.97. The van der Waals surface area contributed by atoms with Gasteiger partial charge in [-0.15, -0.1) is 0 Å². The second-order valence-corrected chi connectivity index (χ2v) is 4.58. The molecule has 0 fully saturated rings. The molecule has 0 unspecified atom stereocenters. The maximum Gasteiger partial charge on any atom is 0.160 e. The monoisotopic (exact) mass is 253 g/mol. The summed E-state index contributed by atoms with van der Waals surface area (Å²) in [7, 11) is 0. The number of carbonyl (C=O) groups is 1. The van der Waals surface area contributed by atoms with Gasteiger partial charge in [0.05, 0.1) is 17.0 Å². The quantitative estimate of drug-likeness (QED) is 0.828. The van der Waals surface area contributed by atoms with Crippen molar-refractivity contribution in [2.75, 3.05) is 0 Å². The zero-order valence-electron chi connectivity index (χ0n) is 11.1. The van der Waals surface area contributed by atoms with Crippen LogP contribution in [0.2, 0.25) is 0 Å². The van der Waals surface area contributed by atoms with Crippen molar-refractivity contribution < 1.29 is 4.79 Å². The third-order valence-electron chi connectivity index (χ3n) is 3.10. The number of ketones is 1. The minimum Gasteiger partial charge on any atom is -0.294 e. The minimum absolute atomic E-state index is 0.159. The number of aliphatic imine (C=N–C) groups is 1. The van der Waals surface area contributed by atoms with Crippen LogP contribution >= 0.6 is 0 Å². The van der Waals surface area contributed by atoms with Crippen molar-refractivity contribution in [1.82, 2.24) is 4.98 Å². The number of nitrogens with zero attached hydrogens (tertiary/aromatic N) is 3. The van der Waals surface area contributed by atoms with Crippen LogP contribution in [0.25, 0.3) is 0 Å². The molecule has 2 heterocycles. The molecule has 4 nitrogen and oxygen atoms in total. The topological polar surface area (TPSA) is 66.1 Å². The molecular weight excluding hydrogens is 238 g/mol. The molecule has 19 heavy (non-hydrogen) atoms. The predicted molar refractivity (Wildman–Crippen MR) is 72.8 cm³/mol. The first kappa shape index (κ1) is 13.2. The van der Waals surface area contributed by atoms with Crippen LogP contribution in [0.1, 0.15) is 43.0 Å². The van der Waals surface area contributed by atoms with Gasteiger partial charge in [0.2, 0.25) is 0 Å². The number of hydrogen-bond acceptors (Lipinski definition) is 4. The lowest BCUT2D eigenvalue weighted by Crippen LogP contribution is -2.07. The largest absolute Gasteiger partial charge is 0.294 e. The Balaban J connectivity index is 2.13. The fourth-order valence-electron chi connectivity index (χ4n) is 1.97. The molecule has 96 valence electrons. The molecule has 1 aromatic heterocycles. The van der Waals surface area contributed by atoms with Gasteiger partial charge in [-0.25, -0.2) is 0 Å². The molecule has 1 aromatic rings. The highest BCUT2D eigenvalue weighted by Crippen LogP contribution is 2.19. The number of pyridine rings is 1. The molecule has 1 aliphatic rings. The molecule has 0 radical (unpaired) electrons. The van der Waals surface area contributed by atoms with Crippen molar-refractivity contribution in [2.24, 2.45) is 4.99 Å². The predicted octanol–water partition coefficient (Wildman–Crippen LogP) is 2.71. The number of aromatic nitrogens is 1. The molecule has 0 N–H and O–H groups in total. The van der Waals surface area contributed by atoms with Gasteiger partial charge < -0.3 is 0 Å². The Morgan fingerprint density at radius 1 is 1.53 bits per heavy atom. The number of carbonyl (C=O) groups excluding carboxylic acids is 1. The standard InChI is InChI=1S/C15H15N3O/c1-3-4-15(19)11-6-14(17-8-11)13-5-10(2)12(7-16)9-18-13/h5,8-9H,3-4,6H2,1-2H3. The van der Waals surface area contributed by atoms with E-state index >= 15 is 0 Å². The van der Waals surface area contributed by atoms with Crippen LogP contribution in [-0.2, 0) is 4.79 Å². The molecule has 0 spiro atoms. The van der Waals surface area contributed by atoms with E-state index in [0.717, 1.165) is 29.0 Å². The summed E-state index contributed by atoms with van der Waals surface area (Å²) in [6.45, 7) is 3.86. The third kappa shape index (κ3) is 2.76. The van der Waals surface area contributed by atoms with E-state index in [2.05, 4.69) is 16.0 Å². The molecule has 1 aliphatic heterocycles. The summed E-state index contributed by atoms with van der Waals surface area (Å²) in [5.74, 6) is 0.159. The zero-order chi connectivity index (χ0) is 13.8. The first-order chi connectivity index (χ1) is 9.15. The molecule has 2 rings (SSSR count). The third-order valence-corrected chi connectivity index (χ3v) is 3.10. The lowest BCUT2D eigenvalue weighted by Gasteiger charge is -2.04. The number of hydrogen-bond donors (Lipinski definition) is 0. The molecular formula is C15H15N3O. The van der Waals surface area contributed by atoms with E-state index in [1.807, 2.05) is 19.9 Å². The Morgan fingerprint density at radius 2 is 2.32 bits per heavy atom. The summed E-state index contributed by atoms with van der Waals surface area (Å²) in [5.41, 5.74) is 3.74. The van der Waals surface area contributed by atoms with E-state index in [-0.39, 0.29) is 5.78 Å². The maximum absolute atomic E-state index is 11.8. The summed E-state index contributed by atoms with van der Waals surface area (Å²) in [4.78, 5) is 20.3. The van der Waals surface area contributed by atoms with Gasteiger partial charge in [0.15, 0.2) is 5.78 Å². The highest BCUT2D eigenvalue weighted by molar-refractivity contribution is 6.10. The molecule has 0 bridgehead atoms. The van der Waals surface area contributed by atoms with E-state index in [4.69, 9.17) is 5.26 Å². The molecule has 4 heteroatoms. The Morgan fingerprint density at radius 3 is 2.95 bits per heavy atom. The van der Waals surface area contributed by atoms with Crippen molar-refractivity contribution in [3.63, 3.8) is 0 Å². The van der Waals surface area contributed by atoms with Crippen LogP contribution in [0.5, 0.6) is 0 Å². The van der Waals surface area contributed by atoms with Crippen molar-refractivity contribution >= 4 is 11.5 Å². The molecule has 0 amide bonds. The fraction of sp³-hybridized carbons (Fsp3) is 0.333. The van der Waals surface area contributed by atoms with Crippen LogP contribution in [-0.4, -0.2) is 16.5 Å². The normalized spacial score (nSPS) is 13.7. The summed E-state index contributed by atoms with van der Waals surface area (Å²) < 4.78 is 0. The van der Waals surface area contributed by atoms with Crippen molar-refractivity contribution in [1.29, 1.82) is 5.26 Å². The van der Waals surface area contributed by atoms with Crippen molar-refractivity contribution in [2.45, 2.75) is 33.1 Å². The van der Waals surface area contributed by atoms with Gasteiger partial charge in [-0.1, -0.05) is 6.92 Å². The molecule has 0 aliphatic carbocycles. The number of Topliss-reactive ketones (excluding diaryl/α,β-unsaturated/α-hetero) is 1. The van der Waals surface area contributed by atoms with E-state index < -0.39 is 0 Å². The van der Waals surface area contributed by atoms with Gasteiger partial charge in [0, 0.05) is 30.8 Å². The molecule has 0 saturated carbocycles. The van der Waals surface area contributed by atoms with Crippen LogP contribution in [0.4, 0.5) is 0 Å². The highest BCUT2D eigenvalue weighted by atomic mass is 16.1. The molecule has 0 saturated heterocycles. The van der Waals surface area contributed by atoms with Crippen LogP contribution in [0.15, 0.2) is 29.0 Å². The van der Waals surface area contributed by atoms with Gasteiger partial charge in [-0.3, -0.25) is 14.8 Å². The second-order valence-electron chi connectivity index (χ2n) is 4.58. The van der Waals surface area contributed by atoms with Gasteiger partial charge in [0.1, 0.15) is 6.07 Å². The number of aryl methyl sites for hydroxylation is 1. The first-order valence-electron chi connectivity index (χ1n) is 6.31. The number of rotatable bonds is 4. The zero-order valence-corrected chi connectivity index (χ0v) is 11.1. The summed E-state index contributed by atoms with van der Waals surface area (Å²) in [6.07, 6.45) is 5.15. The van der Waals surface area contributed by atoms with Gasteiger partial charge in [-0.05, 0) is 25.0 Å². The first-order valence-corrected chi connectivity index (χ1v) is 6.31. The summed E-state index contributed by atoms with van der Waals surface area (Å²) >= 11 is 0. The number of allylic oxidation sites excluding steroid dienone is 1. The Hall–Kier alpha value is -2.28. The lowest BCUT2D eigenvalue weighted by atomic mass is 10.0. The highest BCUT2D eigenvalue weighted by Gasteiger charge is 2.18. The van der Waals surface area contributed by atoms with Gasteiger partial charge in [0.25, 0.3) is 0 Å². The van der Waals surface area contributed by atoms with Crippen LogP contribution in [0.3, 0.4) is 0 Å². The van der Waals surface area contributed by atoms with E-state index in [9.17, 15) is 4.79 Å². The minimum atomic E-state index is 0.159.